The number of carboxylic acids is 1. The van der Waals surface area contributed by atoms with Gasteiger partial charge >= 0.3 is 5.97 Å². The summed E-state index contributed by atoms with van der Waals surface area (Å²) in [7, 11) is 1.51. The van der Waals surface area contributed by atoms with Crippen LogP contribution >= 0.6 is 11.6 Å². The van der Waals surface area contributed by atoms with Crippen molar-refractivity contribution in [1.82, 2.24) is 9.97 Å². The number of carboxylic acid groups (broad SMARTS) is 1. The van der Waals surface area contributed by atoms with E-state index >= 15 is 0 Å². The van der Waals surface area contributed by atoms with Gasteiger partial charge in [0.15, 0.2) is 11.6 Å². The summed E-state index contributed by atoms with van der Waals surface area (Å²) in [6.45, 7) is 0. The quantitative estimate of drug-likeness (QED) is 0.313. The number of rotatable bonds is 7. The molecule has 1 heterocycles. The predicted molar refractivity (Wildman–Crippen MR) is 127 cm³/mol. The van der Waals surface area contributed by atoms with Gasteiger partial charge in [-0.05, 0) is 42.5 Å². The molecule has 1 aromatic heterocycles. The lowest BCUT2D eigenvalue weighted by molar-refractivity contribution is 0.0697. The van der Waals surface area contributed by atoms with Crippen LogP contribution in [0, 0.1) is 0 Å². The van der Waals surface area contributed by atoms with Crippen LogP contribution in [0.1, 0.15) is 10.4 Å². The topological polar surface area (TPSA) is 125 Å². The monoisotopic (exact) mass is 484 g/mol. The van der Waals surface area contributed by atoms with E-state index in [1.807, 2.05) is 0 Å². The first kappa shape index (κ1) is 22.5. The van der Waals surface area contributed by atoms with Crippen molar-refractivity contribution in [2.45, 2.75) is 0 Å². The number of hydrogen-bond donors (Lipinski definition) is 3. The molecule has 3 N–H and O–H groups in total. The summed E-state index contributed by atoms with van der Waals surface area (Å²) < 4.78 is 28.8. The first-order chi connectivity index (χ1) is 15.9. The Bertz CT molecular complexity index is 1380. The fraction of sp³-hybridized carbons (Fsp3) is 0.0455. The third-order valence-corrected chi connectivity index (χ3v) is 5.68. The van der Waals surface area contributed by atoms with Crippen molar-refractivity contribution in [2.75, 3.05) is 16.7 Å². The Balaban J connectivity index is 1.92. The van der Waals surface area contributed by atoms with E-state index in [0.29, 0.717) is 27.5 Å². The van der Waals surface area contributed by atoms with E-state index in [4.69, 9.17) is 16.3 Å². The summed E-state index contributed by atoms with van der Waals surface area (Å²) in [6, 6.07) is 17.6. The standard InChI is InChI=1S/C22H17ClN4O5S/c1-32-15-9-10-16(23)19(12-15)25-20-21(26-18-8-3-2-7-17(18)24-20)27(33(30)31)14-6-4-5-13(11-14)22(28)29/h2-12H,1H3,(H,24,25)(H,28,29)(H,30,31). The van der Waals surface area contributed by atoms with E-state index in [2.05, 4.69) is 15.3 Å². The lowest BCUT2D eigenvalue weighted by atomic mass is 10.2. The van der Waals surface area contributed by atoms with Crippen molar-refractivity contribution in [3.63, 3.8) is 0 Å². The van der Waals surface area contributed by atoms with Gasteiger partial charge in [0.25, 0.3) is 11.3 Å². The lowest BCUT2D eigenvalue weighted by Crippen LogP contribution is -2.22. The normalized spacial score (nSPS) is 11.7. The lowest BCUT2D eigenvalue weighted by Gasteiger charge is -2.22. The highest BCUT2D eigenvalue weighted by atomic mass is 35.5. The van der Waals surface area contributed by atoms with E-state index in [-0.39, 0.29) is 22.9 Å². The first-order valence-corrected chi connectivity index (χ1v) is 10.9. The zero-order chi connectivity index (χ0) is 23.5. The van der Waals surface area contributed by atoms with Crippen LogP contribution < -0.4 is 14.4 Å². The van der Waals surface area contributed by atoms with E-state index in [9.17, 15) is 18.7 Å². The maximum Gasteiger partial charge on any atom is 0.335 e. The number of aromatic nitrogens is 2. The molecule has 0 radical (unpaired) electrons. The second kappa shape index (κ2) is 9.41. The number of hydrogen-bond acceptors (Lipinski definition) is 6. The number of fused-ring (bicyclic) bond motifs is 1. The molecule has 0 aliphatic heterocycles. The molecule has 3 aromatic carbocycles. The molecule has 4 rings (SSSR count). The zero-order valence-corrected chi connectivity index (χ0v) is 18.7. The van der Waals surface area contributed by atoms with Crippen LogP contribution in [0.4, 0.5) is 23.0 Å². The molecule has 0 saturated heterocycles. The largest absolute Gasteiger partial charge is 0.497 e. The molecule has 0 aliphatic rings. The number of anilines is 4. The van der Waals surface area contributed by atoms with Crippen molar-refractivity contribution in [1.29, 1.82) is 0 Å². The zero-order valence-electron chi connectivity index (χ0n) is 17.1. The van der Waals surface area contributed by atoms with Gasteiger partial charge in [0.05, 0.1) is 40.1 Å². The molecule has 0 spiro atoms. The smallest absolute Gasteiger partial charge is 0.335 e. The van der Waals surface area contributed by atoms with Gasteiger partial charge in [-0.3, -0.25) is 4.55 Å². The molecule has 0 amide bonds. The molecule has 9 nitrogen and oxygen atoms in total. The molecule has 0 aliphatic carbocycles. The van der Waals surface area contributed by atoms with Gasteiger partial charge in [0, 0.05) is 6.07 Å². The third-order valence-electron chi connectivity index (χ3n) is 4.65. The van der Waals surface area contributed by atoms with Crippen LogP contribution in [0.15, 0.2) is 66.7 Å². The van der Waals surface area contributed by atoms with Crippen LogP contribution in [0.25, 0.3) is 11.0 Å². The third kappa shape index (κ3) is 4.72. The van der Waals surface area contributed by atoms with Crippen molar-refractivity contribution < 1.29 is 23.4 Å². The summed E-state index contributed by atoms with van der Waals surface area (Å²) in [5.74, 6) is -0.511. The molecule has 0 bridgehead atoms. The van der Waals surface area contributed by atoms with Crippen molar-refractivity contribution in [3.05, 3.63) is 77.3 Å². The Kier molecular flexibility index (Phi) is 6.40. The molecular formula is C22H17ClN4O5S. The van der Waals surface area contributed by atoms with Gasteiger partial charge in [0.2, 0.25) is 0 Å². The Morgan fingerprint density at radius 3 is 2.45 bits per heavy atom. The van der Waals surface area contributed by atoms with Crippen LogP contribution in [-0.2, 0) is 11.3 Å². The Hall–Kier alpha value is -3.73. The minimum Gasteiger partial charge on any atom is -0.497 e. The molecule has 0 fully saturated rings. The van der Waals surface area contributed by atoms with E-state index in [1.54, 1.807) is 42.5 Å². The summed E-state index contributed by atoms with van der Waals surface area (Å²) in [6.07, 6.45) is 0. The van der Waals surface area contributed by atoms with Gasteiger partial charge in [-0.1, -0.05) is 29.8 Å². The number of halogens is 1. The van der Waals surface area contributed by atoms with E-state index < -0.39 is 17.2 Å². The van der Waals surface area contributed by atoms with Gasteiger partial charge in [0.1, 0.15) is 5.75 Å². The molecule has 4 aromatic rings. The molecule has 1 atom stereocenters. The van der Waals surface area contributed by atoms with Crippen LogP contribution in [-0.4, -0.2) is 36.9 Å². The molecule has 11 heteroatoms. The fourth-order valence-corrected chi connectivity index (χ4v) is 3.86. The Morgan fingerprint density at radius 2 is 1.79 bits per heavy atom. The molecule has 33 heavy (non-hydrogen) atoms. The summed E-state index contributed by atoms with van der Waals surface area (Å²) in [5, 5.41) is 12.8. The molecular weight excluding hydrogens is 468 g/mol. The minimum absolute atomic E-state index is 0.00374. The Morgan fingerprint density at radius 1 is 1.06 bits per heavy atom. The highest BCUT2D eigenvalue weighted by molar-refractivity contribution is 7.81. The number of methoxy groups -OCH3 is 1. The molecule has 168 valence electrons. The fourth-order valence-electron chi connectivity index (χ4n) is 3.12. The second-order valence-corrected chi connectivity index (χ2v) is 7.97. The highest BCUT2D eigenvalue weighted by Crippen LogP contribution is 2.36. The number of aromatic carboxylic acids is 1. The minimum atomic E-state index is -2.61. The summed E-state index contributed by atoms with van der Waals surface area (Å²) in [5.41, 5.74) is 1.53. The number of ether oxygens (including phenoxy) is 1. The van der Waals surface area contributed by atoms with Gasteiger partial charge in [-0.2, -0.15) is 0 Å². The average Bonchev–Trinajstić information content (AvgIpc) is 2.80. The molecule has 0 saturated carbocycles. The maximum absolute atomic E-state index is 12.4. The van der Waals surface area contributed by atoms with Gasteiger partial charge < -0.3 is 15.2 Å². The van der Waals surface area contributed by atoms with E-state index in [1.165, 1.54) is 31.4 Å². The predicted octanol–water partition coefficient (Wildman–Crippen LogP) is 5.01. The first-order valence-electron chi connectivity index (χ1n) is 9.49. The van der Waals surface area contributed by atoms with Gasteiger partial charge in [-0.25, -0.2) is 23.3 Å². The SMILES string of the molecule is COc1ccc(Cl)c(Nc2nc3ccccc3nc2N(c2cccc(C(=O)O)c2)S(=O)O)c1. The number of nitrogens with one attached hydrogen (secondary N) is 1. The number of para-hydroxylation sites is 2. The van der Waals surface area contributed by atoms with Crippen molar-refractivity contribution in [3.8, 4) is 5.75 Å². The van der Waals surface area contributed by atoms with Gasteiger partial charge in [-0.15, -0.1) is 0 Å². The Labute approximate surface area is 196 Å². The number of nitrogens with zero attached hydrogens (tertiary/aromatic N) is 3. The maximum atomic E-state index is 12.4. The highest BCUT2D eigenvalue weighted by Gasteiger charge is 2.24. The summed E-state index contributed by atoms with van der Waals surface area (Å²) in [4.78, 5) is 20.6. The second-order valence-electron chi connectivity index (χ2n) is 6.74. The van der Waals surface area contributed by atoms with Crippen molar-refractivity contribution in [2.24, 2.45) is 0 Å². The average molecular weight is 485 g/mol. The van der Waals surface area contributed by atoms with Crippen molar-refractivity contribution >= 4 is 62.9 Å². The summed E-state index contributed by atoms with van der Waals surface area (Å²) >= 11 is 3.72. The number of carbonyl (C=O) groups is 1. The van der Waals surface area contributed by atoms with Crippen LogP contribution in [0.5, 0.6) is 5.75 Å². The molecule has 1 unspecified atom stereocenters. The van der Waals surface area contributed by atoms with Crippen LogP contribution in [0.2, 0.25) is 5.02 Å². The van der Waals surface area contributed by atoms with E-state index in [0.717, 1.165) is 4.31 Å². The number of benzene rings is 3. The van der Waals surface area contributed by atoms with Crippen LogP contribution in [0.3, 0.4) is 0 Å².